The lowest BCUT2D eigenvalue weighted by Crippen LogP contribution is -2.24. The summed E-state index contributed by atoms with van der Waals surface area (Å²) in [5, 5.41) is 0.259. The monoisotopic (exact) mass is 428 g/mol. The molecule has 0 spiro atoms. The molecular formula is C18H22Cl2N4O4. The summed E-state index contributed by atoms with van der Waals surface area (Å²) in [5.41, 5.74) is 0.117. The fraction of sp³-hybridized carbons (Fsp3) is 0.500. The van der Waals surface area contributed by atoms with E-state index < -0.39 is 11.6 Å². The zero-order valence-electron chi connectivity index (χ0n) is 16.2. The van der Waals surface area contributed by atoms with Crippen LogP contribution in [0.2, 0.25) is 10.3 Å². The van der Waals surface area contributed by atoms with E-state index in [1.54, 1.807) is 17.7 Å². The largest absolute Gasteiger partial charge is 0.460 e. The van der Waals surface area contributed by atoms with E-state index in [2.05, 4.69) is 15.0 Å². The van der Waals surface area contributed by atoms with Crippen molar-refractivity contribution in [3.8, 4) is 11.4 Å². The number of ether oxygens (including phenoxy) is 2. The van der Waals surface area contributed by atoms with E-state index in [0.29, 0.717) is 24.4 Å². The van der Waals surface area contributed by atoms with Crippen LogP contribution in [0.25, 0.3) is 11.4 Å². The molecule has 0 aliphatic heterocycles. The topological polar surface area (TPSA) is 96.2 Å². The molecule has 152 valence electrons. The number of halogens is 2. The van der Waals surface area contributed by atoms with Crippen LogP contribution in [-0.2, 0) is 20.8 Å². The minimum absolute atomic E-state index is 0.0107. The lowest BCUT2D eigenvalue weighted by atomic mass is 10.2. The van der Waals surface area contributed by atoms with Crippen molar-refractivity contribution >= 4 is 35.1 Å². The third-order valence-corrected chi connectivity index (χ3v) is 3.85. The first-order chi connectivity index (χ1) is 13.1. The number of rotatable bonds is 7. The fourth-order valence-corrected chi connectivity index (χ4v) is 2.69. The minimum atomic E-state index is -0.581. The summed E-state index contributed by atoms with van der Waals surface area (Å²) in [5.74, 6) is -0.801. The van der Waals surface area contributed by atoms with E-state index in [4.69, 9.17) is 32.7 Å². The zero-order chi connectivity index (χ0) is 20.9. The normalized spacial score (nSPS) is 11.4. The van der Waals surface area contributed by atoms with E-state index in [0.717, 1.165) is 0 Å². The lowest BCUT2D eigenvalue weighted by molar-refractivity contribution is -0.154. The second kappa shape index (κ2) is 9.34. The number of carbonyl (C=O) groups excluding carboxylic acids is 2. The number of nitrogens with zero attached hydrogens (tertiary/aromatic N) is 4. The molecule has 0 amide bonds. The Balaban J connectivity index is 2.22. The molecule has 8 nitrogen and oxygen atoms in total. The maximum atomic E-state index is 12.3. The van der Waals surface area contributed by atoms with Crippen LogP contribution in [0.1, 0.15) is 51.2 Å². The summed E-state index contributed by atoms with van der Waals surface area (Å²) in [6.07, 6.45) is 3.63. The molecule has 0 saturated carbocycles. The lowest BCUT2D eigenvalue weighted by Gasteiger charge is -2.19. The van der Waals surface area contributed by atoms with Gasteiger partial charge in [0.1, 0.15) is 17.0 Å². The van der Waals surface area contributed by atoms with Gasteiger partial charge in [0, 0.05) is 19.2 Å². The maximum absolute atomic E-state index is 12.3. The van der Waals surface area contributed by atoms with Crippen LogP contribution in [-0.4, -0.2) is 43.7 Å². The first-order valence-electron chi connectivity index (χ1n) is 8.75. The number of aromatic nitrogens is 4. The SMILES string of the molecule is CCOC(=O)c1nc(-c2nc(Cl)ncc2Cl)cn1CCCC(=O)OC(C)(C)C. The van der Waals surface area contributed by atoms with Gasteiger partial charge in [-0.3, -0.25) is 4.79 Å². The van der Waals surface area contributed by atoms with Crippen LogP contribution < -0.4 is 0 Å². The van der Waals surface area contributed by atoms with Crippen molar-refractivity contribution in [2.75, 3.05) is 6.61 Å². The Kier molecular flexibility index (Phi) is 7.37. The van der Waals surface area contributed by atoms with E-state index in [1.165, 1.54) is 6.20 Å². The summed E-state index contributed by atoms with van der Waals surface area (Å²) in [6.45, 7) is 7.69. The summed E-state index contributed by atoms with van der Waals surface area (Å²) in [6, 6.07) is 0. The van der Waals surface area contributed by atoms with Gasteiger partial charge in [-0.15, -0.1) is 0 Å². The van der Waals surface area contributed by atoms with Crippen molar-refractivity contribution in [3.05, 3.63) is 28.5 Å². The molecule has 0 N–H and O–H groups in total. The highest BCUT2D eigenvalue weighted by Crippen LogP contribution is 2.26. The summed E-state index contributed by atoms with van der Waals surface area (Å²) < 4.78 is 12.0. The molecule has 2 aromatic heterocycles. The first kappa shape index (κ1) is 22.1. The molecule has 2 heterocycles. The van der Waals surface area contributed by atoms with Crippen LogP contribution in [0.3, 0.4) is 0 Å². The molecule has 0 aromatic carbocycles. The number of esters is 2. The number of carbonyl (C=O) groups is 2. The molecule has 10 heteroatoms. The molecule has 0 bridgehead atoms. The number of aryl methyl sites for hydroxylation is 1. The van der Waals surface area contributed by atoms with Gasteiger partial charge in [0.15, 0.2) is 0 Å². The number of imidazole rings is 1. The molecule has 0 fully saturated rings. The van der Waals surface area contributed by atoms with Crippen molar-refractivity contribution in [2.45, 2.75) is 52.7 Å². The highest BCUT2D eigenvalue weighted by Gasteiger charge is 2.21. The summed E-state index contributed by atoms with van der Waals surface area (Å²) in [4.78, 5) is 36.3. The Labute approximate surface area is 173 Å². The van der Waals surface area contributed by atoms with Gasteiger partial charge in [0.25, 0.3) is 0 Å². The Morgan fingerprint density at radius 2 is 1.93 bits per heavy atom. The van der Waals surface area contributed by atoms with Crippen molar-refractivity contribution in [1.29, 1.82) is 0 Å². The summed E-state index contributed by atoms with van der Waals surface area (Å²) >= 11 is 12.0. The van der Waals surface area contributed by atoms with Crippen molar-refractivity contribution < 1.29 is 19.1 Å². The van der Waals surface area contributed by atoms with E-state index >= 15 is 0 Å². The molecule has 0 saturated heterocycles. The fourth-order valence-electron chi connectivity index (χ4n) is 2.37. The van der Waals surface area contributed by atoms with Crippen molar-refractivity contribution in [1.82, 2.24) is 19.5 Å². The average molecular weight is 429 g/mol. The Hall–Kier alpha value is -2.19. The van der Waals surface area contributed by atoms with Gasteiger partial charge in [-0.05, 0) is 45.7 Å². The van der Waals surface area contributed by atoms with Gasteiger partial charge in [-0.2, -0.15) is 0 Å². The van der Waals surface area contributed by atoms with Crippen molar-refractivity contribution in [2.24, 2.45) is 0 Å². The molecule has 0 radical (unpaired) electrons. The molecule has 0 aliphatic rings. The van der Waals surface area contributed by atoms with Gasteiger partial charge < -0.3 is 14.0 Å². The Bertz CT molecular complexity index is 862. The second-order valence-electron chi connectivity index (χ2n) is 6.89. The van der Waals surface area contributed by atoms with Gasteiger partial charge >= 0.3 is 11.9 Å². The maximum Gasteiger partial charge on any atom is 0.374 e. The van der Waals surface area contributed by atoms with Gasteiger partial charge in [-0.1, -0.05) is 11.6 Å². The predicted octanol–water partition coefficient (Wildman–Crippen LogP) is 3.95. The Morgan fingerprint density at radius 3 is 2.57 bits per heavy atom. The van der Waals surface area contributed by atoms with Crippen LogP contribution in [0.4, 0.5) is 0 Å². The standard InChI is InChI=1S/C18H22Cl2N4O4/c1-5-27-16(26)15-22-12(14-11(19)9-21-17(20)23-14)10-24(15)8-6-7-13(25)28-18(2,3)4/h9-10H,5-8H2,1-4H3. The van der Waals surface area contributed by atoms with Crippen LogP contribution in [0.5, 0.6) is 0 Å². The second-order valence-corrected chi connectivity index (χ2v) is 7.63. The van der Waals surface area contributed by atoms with Gasteiger partial charge in [0.2, 0.25) is 11.1 Å². The predicted molar refractivity (Wildman–Crippen MR) is 104 cm³/mol. The van der Waals surface area contributed by atoms with E-state index in [1.807, 2.05) is 20.8 Å². The highest BCUT2D eigenvalue weighted by molar-refractivity contribution is 6.33. The molecule has 0 unspecified atom stereocenters. The molecule has 28 heavy (non-hydrogen) atoms. The van der Waals surface area contributed by atoms with Gasteiger partial charge in [-0.25, -0.2) is 19.7 Å². The Morgan fingerprint density at radius 1 is 1.21 bits per heavy atom. The quantitative estimate of drug-likeness (QED) is 0.486. The number of hydrogen-bond donors (Lipinski definition) is 0. The van der Waals surface area contributed by atoms with E-state index in [9.17, 15) is 9.59 Å². The van der Waals surface area contributed by atoms with Crippen LogP contribution in [0.15, 0.2) is 12.4 Å². The number of hydrogen-bond acceptors (Lipinski definition) is 7. The molecule has 0 aliphatic carbocycles. The summed E-state index contributed by atoms with van der Waals surface area (Å²) in [7, 11) is 0. The highest BCUT2D eigenvalue weighted by atomic mass is 35.5. The third-order valence-electron chi connectivity index (χ3n) is 3.39. The minimum Gasteiger partial charge on any atom is -0.460 e. The molecule has 2 aromatic rings. The van der Waals surface area contributed by atoms with Crippen LogP contribution >= 0.6 is 23.2 Å². The third kappa shape index (κ3) is 6.17. The molecule has 0 atom stereocenters. The van der Waals surface area contributed by atoms with Gasteiger partial charge in [0.05, 0.1) is 17.8 Å². The van der Waals surface area contributed by atoms with Crippen molar-refractivity contribution in [3.63, 3.8) is 0 Å². The molecular weight excluding hydrogens is 407 g/mol. The zero-order valence-corrected chi connectivity index (χ0v) is 17.7. The van der Waals surface area contributed by atoms with Crippen LogP contribution in [0, 0.1) is 0 Å². The first-order valence-corrected chi connectivity index (χ1v) is 9.51. The van der Waals surface area contributed by atoms with E-state index in [-0.39, 0.29) is 35.1 Å². The average Bonchev–Trinajstić information content (AvgIpc) is 2.99. The smallest absolute Gasteiger partial charge is 0.374 e. The molecule has 2 rings (SSSR count).